The molecular formula is C15H15N2O4Y+2. The molecule has 6 nitrogen and oxygen atoms in total. The molecule has 0 spiro atoms. The van der Waals surface area contributed by atoms with Gasteiger partial charge in [0, 0.05) is 24.2 Å². The van der Waals surface area contributed by atoms with Crippen molar-refractivity contribution < 1.29 is 47.0 Å². The van der Waals surface area contributed by atoms with Crippen molar-refractivity contribution in [1.82, 2.24) is 9.55 Å². The predicted molar refractivity (Wildman–Crippen MR) is 76.5 cm³/mol. The van der Waals surface area contributed by atoms with Crippen LogP contribution in [0.5, 0.6) is 0 Å². The van der Waals surface area contributed by atoms with E-state index in [-0.39, 0.29) is 51.3 Å². The second-order valence-corrected chi connectivity index (χ2v) is 4.58. The second-order valence-electron chi connectivity index (χ2n) is 4.58. The van der Waals surface area contributed by atoms with E-state index in [2.05, 4.69) is 4.98 Å². The third-order valence-electron chi connectivity index (χ3n) is 3.18. The zero-order valence-corrected chi connectivity index (χ0v) is 15.2. The van der Waals surface area contributed by atoms with Crippen molar-refractivity contribution in [2.45, 2.75) is 13.3 Å². The van der Waals surface area contributed by atoms with E-state index in [4.69, 9.17) is 4.74 Å². The topological polar surface area (TPSA) is 78.3 Å². The number of esters is 1. The molecule has 0 aliphatic heterocycles. The van der Waals surface area contributed by atoms with E-state index < -0.39 is 11.9 Å². The van der Waals surface area contributed by atoms with Crippen molar-refractivity contribution in [3.8, 4) is 0 Å². The Bertz CT molecular complexity index is 742. The van der Waals surface area contributed by atoms with Crippen LogP contribution in [0.25, 0.3) is 11.0 Å². The summed E-state index contributed by atoms with van der Waals surface area (Å²) in [6, 6.07) is 5.22. The largest absolute Gasteiger partial charge is 3.00 e. The number of pyridine rings is 2. The van der Waals surface area contributed by atoms with Gasteiger partial charge in [-0.1, -0.05) is 0 Å². The molecule has 0 aromatic carbocycles. The molecule has 0 amide bonds. The molecule has 0 N–H and O–H groups in total. The van der Waals surface area contributed by atoms with Crippen molar-refractivity contribution in [2.24, 2.45) is 13.0 Å². The number of carbonyl (C=O) groups is 1. The Hall–Kier alpha value is -1.40. The van der Waals surface area contributed by atoms with Gasteiger partial charge in [0.05, 0.1) is 6.61 Å². The monoisotopic (exact) mass is 376 g/mol. The maximum absolute atomic E-state index is 12.3. The quantitative estimate of drug-likeness (QED) is 0.438. The Labute approximate surface area is 152 Å². The summed E-state index contributed by atoms with van der Waals surface area (Å²) >= 11 is 0. The van der Waals surface area contributed by atoms with Gasteiger partial charge in [-0.05, 0) is 37.5 Å². The predicted octanol–water partition coefficient (Wildman–Crippen LogP) is 0.762. The first-order valence-corrected chi connectivity index (χ1v) is 6.56. The fourth-order valence-electron chi connectivity index (χ4n) is 2.15. The van der Waals surface area contributed by atoms with Crippen LogP contribution in [0.4, 0.5) is 0 Å². The minimum Gasteiger partial charge on any atom is -0.541 e. The summed E-state index contributed by atoms with van der Waals surface area (Å²) in [6.07, 6.45) is 3.21. The summed E-state index contributed by atoms with van der Waals surface area (Å²) in [5, 5.41) is 0.767. The van der Waals surface area contributed by atoms with Crippen LogP contribution < -0.4 is 5.56 Å². The van der Waals surface area contributed by atoms with Crippen molar-refractivity contribution in [3.63, 3.8) is 0 Å². The van der Waals surface area contributed by atoms with Crippen LogP contribution in [0.1, 0.15) is 12.5 Å². The summed E-state index contributed by atoms with van der Waals surface area (Å²) < 4.78 is 6.20. The number of hydrogen-bond acceptors (Lipinski definition) is 5. The van der Waals surface area contributed by atoms with E-state index in [0.717, 1.165) is 5.39 Å². The van der Waals surface area contributed by atoms with Gasteiger partial charge in [-0.15, -0.1) is 0 Å². The molecule has 0 aliphatic carbocycles. The molecule has 2 heterocycles. The van der Waals surface area contributed by atoms with E-state index in [1.165, 1.54) is 4.57 Å². The van der Waals surface area contributed by atoms with Crippen molar-refractivity contribution in [1.29, 1.82) is 0 Å². The van der Waals surface area contributed by atoms with Crippen molar-refractivity contribution in [3.05, 3.63) is 40.3 Å². The number of aromatic nitrogens is 2. The third kappa shape index (κ3) is 3.87. The normalized spacial score (nSPS) is 11.5. The standard InChI is InChI=1S/C15H15N2O4.Y/c1-3-21-15(20)12(9-18)8-11-7-10-5-4-6-16-13(10)17(2)14(11)19;/h4-7,12H,3,8H2,1-2H3;/q-1;+3. The number of carbonyl (C=O) groups excluding carboxylic acids is 2. The van der Waals surface area contributed by atoms with E-state index in [1.807, 2.05) is 6.07 Å². The van der Waals surface area contributed by atoms with Gasteiger partial charge in [0.25, 0.3) is 11.5 Å². The first-order valence-electron chi connectivity index (χ1n) is 6.56. The van der Waals surface area contributed by atoms with Gasteiger partial charge in [0.2, 0.25) is 0 Å². The van der Waals surface area contributed by atoms with E-state index in [0.29, 0.717) is 11.2 Å². The van der Waals surface area contributed by atoms with E-state index in [9.17, 15) is 14.4 Å². The summed E-state index contributed by atoms with van der Waals surface area (Å²) in [5.41, 5.74) is 0.624. The van der Waals surface area contributed by atoms with Gasteiger partial charge in [-0.25, -0.2) is 11.3 Å². The fourth-order valence-corrected chi connectivity index (χ4v) is 2.15. The van der Waals surface area contributed by atoms with Crippen LogP contribution in [-0.4, -0.2) is 28.4 Å². The number of fused-ring (bicyclic) bond motifs is 1. The Kier molecular flexibility index (Phi) is 7.03. The molecule has 22 heavy (non-hydrogen) atoms. The Balaban J connectivity index is 0.00000242. The number of ether oxygens (including phenoxy) is 1. The molecule has 0 saturated carbocycles. The van der Waals surface area contributed by atoms with Gasteiger partial charge in [-0.2, -0.15) is 0 Å². The molecule has 110 valence electrons. The smallest absolute Gasteiger partial charge is 0.541 e. The maximum Gasteiger partial charge on any atom is 3.00 e. The molecule has 1 unspecified atom stereocenters. The molecule has 0 fully saturated rings. The number of nitrogens with zero attached hydrogens (tertiary/aromatic N) is 2. The van der Waals surface area contributed by atoms with E-state index in [1.54, 1.807) is 38.6 Å². The molecule has 0 saturated heterocycles. The summed E-state index contributed by atoms with van der Waals surface area (Å²) in [7, 11) is 1.60. The van der Waals surface area contributed by atoms with Gasteiger partial charge < -0.3 is 9.53 Å². The Morgan fingerprint density at radius 1 is 1.50 bits per heavy atom. The average Bonchev–Trinajstić information content (AvgIpc) is 2.49. The zero-order chi connectivity index (χ0) is 15.4. The van der Waals surface area contributed by atoms with Crippen LogP contribution in [0.2, 0.25) is 0 Å². The molecule has 2 rings (SSSR count). The molecule has 2 aromatic heterocycles. The fraction of sp³-hybridized carbons (Fsp3) is 0.333. The first-order chi connectivity index (χ1) is 10.1. The molecule has 0 aliphatic rings. The minimum absolute atomic E-state index is 0. The maximum atomic E-state index is 12.3. The van der Waals surface area contributed by atoms with Gasteiger partial charge >= 0.3 is 32.7 Å². The van der Waals surface area contributed by atoms with Crippen LogP contribution in [0.15, 0.2) is 29.2 Å². The van der Waals surface area contributed by atoms with Crippen LogP contribution in [0.3, 0.4) is 0 Å². The Morgan fingerprint density at radius 2 is 2.23 bits per heavy atom. The SMILES string of the molecule is CCOC(=O)C([C-]=O)Cc1cc2cccnc2n(C)c1=O.[Y+3]. The number of hydrogen-bond donors (Lipinski definition) is 0. The summed E-state index contributed by atoms with van der Waals surface area (Å²) in [6.45, 7) is 1.83. The van der Waals surface area contributed by atoms with Gasteiger partial charge in [0.15, 0.2) is 0 Å². The second kappa shape index (κ2) is 8.29. The number of rotatable bonds is 5. The van der Waals surface area contributed by atoms with Crippen LogP contribution in [-0.2, 0) is 60.5 Å². The Morgan fingerprint density at radius 3 is 2.86 bits per heavy atom. The van der Waals surface area contributed by atoms with Gasteiger partial charge in [-0.3, -0.25) is 14.2 Å². The average molecular weight is 376 g/mol. The molecule has 0 bridgehead atoms. The van der Waals surface area contributed by atoms with Gasteiger partial charge in [0.1, 0.15) is 5.65 Å². The molecule has 0 radical (unpaired) electrons. The zero-order valence-electron chi connectivity index (χ0n) is 12.4. The summed E-state index contributed by atoms with van der Waals surface area (Å²) in [4.78, 5) is 39.0. The van der Waals surface area contributed by atoms with Crippen molar-refractivity contribution >= 4 is 23.3 Å². The van der Waals surface area contributed by atoms with Crippen LogP contribution >= 0.6 is 0 Å². The summed E-state index contributed by atoms with van der Waals surface area (Å²) in [5.74, 6) is -1.76. The third-order valence-corrected chi connectivity index (χ3v) is 3.18. The molecular weight excluding hydrogens is 361 g/mol. The molecule has 2 aromatic rings. The van der Waals surface area contributed by atoms with E-state index >= 15 is 0 Å². The van der Waals surface area contributed by atoms with Crippen molar-refractivity contribution in [2.75, 3.05) is 6.61 Å². The first kappa shape index (κ1) is 18.7. The number of aryl methyl sites for hydroxylation is 1. The van der Waals surface area contributed by atoms with Crippen LogP contribution in [0, 0.1) is 5.92 Å². The molecule has 7 heteroatoms. The molecule has 1 atom stereocenters. The minimum atomic E-state index is -1.09.